The van der Waals surface area contributed by atoms with E-state index in [0.717, 1.165) is 5.69 Å². The largest absolute Gasteiger partial charge is 0.310 e. The lowest BCUT2D eigenvalue weighted by Gasteiger charge is -2.33. The molecule has 8 aromatic carbocycles. The molecule has 49 heavy (non-hydrogen) atoms. The fourth-order valence-corrected chi connectivity index (χ4v) is 9.09. The third-order valence-corrected chi connectivity index (χ3v) is 11.4. The molecule has 10 rings (SSSR count). The number of hydrogen-bond acceptors (Lipinski definition) is 1. The van der Waals surface area contributed by atoms with Crippen molar-refractivity contribution in [2.24, 2.45) is 0 Å². The predicted octanol–water partition coefficient (Wildman–Crippen LogP) is 12.7. The molecule has 1 spiro atoms. The molecule has 2 aliphatic rings. The Hall–Kier alpha value is -5.92. The summed E-state index contributed by atoms with van der Waals surface area (Å²) >= 11 is 0. The van der Waals surface area contributed by atoms with E-state index in [2.05, 4.69) is 183 Å². The number of aryl methyl sites for hydroxylation is 2. The molecule has 0 N–H and O–H groups in total. The van der Waals surface area contributed by atoms with E-state index >= 15 is 0 Å². The molecule has 0 radical (unpaired) electrons. The highest BCUT2D eigenvalue weighted by molar-refractivity contribution is 6.14. The van der Waals surface area contributed by atoms with Gasteiger partial charge < -0.3 is 4.90 Å². The molecular weight excluding hydrogens is 591 g/mol. The molecule has 232 valence electrons. The van der Waals surface area contributed by atoms with Crippen LogP contribution in [0.3, 0.4) is 0 Å². The molecule has 0 fully saturated rings. The van der Waals surface area contributed by atoms with Crippen molar-refractivity contribution in [2.75, 3.05) is 4.90 Å². The Balaban J connectivity index is 1.41. The standard InChI is InChI=1S/C48H35N/c1-30-27-35(28-31(2)32(30)3)49(34-16-5-4-6-17-34)45-29-44-46(40-22-10-9-21-39(40)45)41-26-25-33-15-7-8-18-36(33)47(41)48(44)42-23-13-11-19-37(42)38-20-12-14-24-43(38)48/h4-29H,1-3H3. The molecule has 0 saturated heterocycles. The molecule has 0 unspecified atom stereocenters. The highest BCUT2D eigenvalue weighted by Crippen LogP contribution is 2.66. The van der Waals surface area contributed by atoms with E-state index in [-0.39, 0.29) is 0 Å². The molecule has 0 amide bonds. The van der Waals surface area contributed by atoms with Gasteiger partial charge in [0.25, 0.3) is 0 Å². The molecule has 8 aromatic rings. The van der Waals surface area contributed by atoms with Crippen LogP contribution in [0.1, 0.15) is 38.9 Å². The van der Waals surface area contributed by atoms with E-state index < -0.39 is 5.41 Å². The van der Waals surface area contributed by atoms with Crippen LogP contribution in [-0.4, -0.2) is 0 Å². The molecule has 0 saturated carbocycles. The molecule has 0 aliphatic heterocycles. The van der Waals surface area contributed by atoms with Gasteiger partial charge in [-0.15, -0.1) is 0 Å². The second-order valence-electron chi connectivity index (χ2n) is 13.8. The van der Waals surface area contributed by atoms with Crippen molar-refractivity contribution in [3.63, 3.8) is 0 Å². The number of hydrogen-bond donors (Lipinski definition) is 0. The smallest absolute Gasteiger partial charge is 0.0732 e. The van der Waals surface area contributed by atoms with Crippen LogP contribution >= 0.6 is 0 Å². The van der Waals surface area contributed by atoms with Gasteiger partial charge in [-0.25, -0.2) is 0 Å². The Labute approximate surface area is 287 Å². The van der Waals surface area contributed by atoms with Gasteiger partial charge in [-0.05, 0) is 128 Å². The van der Waals surface area contributed by atoms with E-state index in [1.165, 1.54) is 94.1 Å². The molecular formula is C48H35N. The molecule has 0 atom stereocenters. The average molecular weight is 626 g/mol. The van der Waals surface area contributed by atoms with Gasteiger partial charge in [0.2, 0.25) is 0 Å². The van der Waals surface area contributed by atoms with Crippen molar-refractivity contribution in [1.82, 2.24) is 0 Å². The van der Waals surface area contributed by atoms with E-state index in [1.54, 1.807) is 0 Å². The average Bonchev–Trinajstić information content (AvgIpc) is 3.62. The molecule has 0 bridgehead atoms. The van der Waals surface area contributed by atoms with Gasteiger partial charge in [-0.1, -0.05) is 127 Å². The first-order valence-electron chi connectivity index (χ1n) is 17.3. The highest BCUT2D eigenvalue weighted by Gasteiger charge is 2.53. The first-order chi connectivity index (χ1) is 24.1. The zero-order chi connectivity index (χ0) is 32.9. The van der Waals surface area contributed by atoms with Crippen LogP contribution in [0.2, 0.25) is 0 Å². The maximum absolute atomic E-state index is 2.54. The Morgan fingerprint density at radius 3 is 1.69 bits per heavy atom. The van der Waals surface area contributed by atoms with Crippen molar-refractivity contribution in [3.05, 3.63) is 197 Å². The summed E-state index contributed by atoms with van der Waals surface area (Å²) in [5.74, 6) is 0. The molecule has 2 aliphatic carbocycles. The molecule has 0 aromatic heterocycles. The monoisotopic (exact) mass is 625 g/mol. The molecule has 1 nitrogen and oxygen atoms in total. The number of fused-ring (bicyclic) bond motifs is 14. The Kier molecular flexibility index (Phi) is 5.91. The normalized spacial score (nSPS) is 13.4. The summed E-state index contributed by atoms with van der Waals surface area (Å²) in [7, 11) is 0. The Bertz CT molecular complexity index is 2580. The third-order valence-electron chi connectivity index (χ3n) is 11.4. The van der Waals surface area contributed by atoms with Crippen molar-refractivity contribution in [1.29, 1.82) is 0 Å². The zero-order valence-corrected chi connectivity index (χ0v) is 28.0. The van der Waals surface area contributed by atoms with E-state index in [0.29, 0.717) is 0 Å². The van der Waals surface area contributed by atoms with Gasteiger partial charge in [-0.3, -0.25) is 0 Å². The number of para-hydroxylation sites is 1. The topological polar surface area (TPSA) is 3.24 Å². The lowest BCUT2D eigenvalue weighted by atomic mass is 9.69. The zero-order valence-electron chi connectivity index (χ0n) is 28.0. The summed E-state index contributed by atoms with van der Waals surface area (Å²) < 4.78 is 0. The van der Waals surface area contributed by atoms with Crippen molar-refractivity contribution < 1.29 is 0 Å². The van der Waals surface area contributed by atoms with Crippen LogP contribution in [0.4, 0.5) is 17.1 Å². The van der Waals surface area contributed by atoms with Crippen LogP contribution < -0.4 is 4.90 Å². The van der Waals surface area contributed by atoms with E-state index in [9.17, 15) is 0 Å². The van der Waals surface area contributed by atoms with Gasteiger partial charge in [0.1, 0.15) is 0 Å². The predicted molar refractivity (Wildman–Crippen MR) is 207 cm³/mol. The minimum absolute atomic E-state index is 0.473. The summed E-state index contributed by atoms with van der Waals surface area (Å²) in [6.45, 7) is 6.70. The summed E-state index contributed by atoms with van der Waals surface area (Å²) in [6, 6.07) is 59.1. The lowest BCUT2D eigenvalue weighted by Crippen LogP contribution is -2.26. The second-order valence-corrected chi connectivity index (χ2v) is 13.8. The lowest BCUT2D eigenvalue weighted by molar-refractivity contribution is 0.802. The van der Waals surface area contributed by atoms with Crippen molar-refractivity contribution >= 4 is 38.6 Å². The van der Waals surface area contributed by atoms with Gasteiger partial charge in [0.05, 0.1) is 11.1 Å². The molecule has 0 heterocycles. The summed E-state index contributed by atoms with van der Waals surface area (Å²) in [5.41, 5.74) is 17.8. The maximum Gasteiger partial charge on any atom is 0.0732 e. The van der Waals surface area contributed by atoms with Crippen molar-refractivity contribution in [3.8, 4) is 22.3 Å². The van der Waals surface area contributed by atoms with Gasteiger partial charge in [0, 0.05) is 16.8 Å². The van der Waals surface area contributed by atoms with Gasteiger partial charge >= 0.3 is 0 Å². The van der Waals surface area contributed by atoms with Crippen LogP contribution in [-0.2, 0) is 5.41 Å². The quantitative estimate of drug-likeness (QED) is 0.189. The summed E-state index contributed by atoms with van der Waals surface area (Å²) in [6.07, 6.45) is 0. The van der Waals surface area contributed by atoms with Crippen LogP contribution in [0.5, 0.6) is 0 Å². The van der Waals surface area contributed by atoms with E-state index in [1.807, 2.05) is 0 Å². The van der Waals surface area contributed by atoms with Crippen molar-refractivity contribution in [2.45, 2.75) is 26.2 Å². The maximum atomic E-state index is 2.54. The number of benzene rings is 8. The third kappa shape index (κ3) is 3.70. The number of rotatable bonds is 3. The summed E-state index contributed by atoms with van der Waals surface area (Å²) in [4.78, 5) is 2.49. The fraction of sp³-hybridized carbons (Fsp3) is 0.0833. The first kappa shape index (κ1) is 28.1. The van der Waals surface area contributed by atoms with E-state index in [4.69, 9.17) is 0 Å². The number of nitrogens with zero attached hydrogens (tertiary/aromatic N) is 1. The SMILES string of the molecule is Cc1cc(N(c2ccccc2)c2cc3c(c4ccccc24)-c2ccc4ccccc4c2C32c3ccccc3-c3ccccc32)cc(C)c1C. The Morgan fingerprint density at radius 2 is 1.00 bits per heavy atom. The molecule has 1 heteroatoms. The minimum atomic E-state index is -0.473. The summed E-state index contributed by atoms with van der Waals surface area (Å²) in [5, 5.41) is 5.12. The van der Waals surface area contributed by atoms with Crippen LogP contribution in [0.25, 0.3) is 43.8 Å². The fourth-order valence-electron chi connectivity index (χ4n) is 9.09. The highest BCUT2D eigenvalue weighted by atomic mass is 15.1. The Morgan fingerprint density at radius 1 is 0.429 bits per heavy atom. The van der Waals surface area contributed by atoms with Crippen LogP contribution in [0, 0.1) is 20.8 Å². The first-order valence-corrected chi connectivity index (χ1v) is 17.3. The minimum Gasteiger partial charge on any atom is -0.310 e. The second kappa shape index (κ2) is 10.3. The van der Waals surface area contributed by atoms with Gasteiger partial charge in [0.15, 0.2) is 0 Å². The van der Waals surface area contributed by atoms with Crippen LogP contribution in [0.15, 0.2) is 158 Å². The van der Waals surface area contributed by atoms with Gasteiger partial charge in [-0.2, -0.15) is 0 Å². The number of anilines is 3.